The van der Waals surface area contributed by atoms with E-state index in [1.165, 1.54) is 0 Å². The first-order chi connectivity index (χ1) is 8.14. The maximum atomic E-state index is 11.5. The molecular formula is C13H12O3S. The van der Waals surface area contributed by atoms with Gasteiger partial charge in [-0.3, -0.25) is 0 Å². The SMILES string of the molecule is O=S1(=O)CCc2cc(-c3ccccc3)oc2C1. The highest BCUT2D eigenvalue weighted by Gasteiger charge is 2.25. The molecule has 0 atom stereocenters. The summed E-state index contributed by atoms with van der Waals surface area (Å²) in [5.41, 5.74) is 2.01. The lowest BCUT2D eigenvalue weighted by atomic mass is 10.1. The summed E-state index contributed by atoms with van der Waals surface area (Å²) >= 11 is 0. The summed E-state index contributed by atoms with van der Waals surface area (Å²) in [6.07, 6.45) is 0.563. The van der Waals surface area contributed by atoms with Crippen molar-refractivity contribution in [3.63, 3.8) is 0 Å². The molecule has 1 aliphatic rings. The van der Waals surface area contributed by atoms with Crippen molar-refractivity contribution in [2.45, 2.75) is 12.2 Å². The topological polar surface area (TPSA) is 47.3 Å². The average molecular weight is 248 g/mol. The molecule has 2 heterocycles. The summed E-state index contributed by atoms with van der Waals surface area (Å²) in [7, 11) is -2.96. The van der Waals surface area contributed by atoms with Crippen LogP contribution in [0.3, 0.4) is 0 Å². The van der Waals surface area contributed by atoms with Crippen LogP contribution in [-0.4, -0.2) is 14.2 Å². The van der Waals surface area contributed by atoms with Crippen LogP contribution in [0.4, 0.5) is 0 Å². The van der Waals surface area contributed by atoms with E-state index >= 15 is 0 Å². The summed E-state index contributed by atoms with van der Waals surface area (Å²) in [5.74, 6) is 1.63. The Labute approximate surface area is 100.0 Å². The smallest absolute Gasteiger partial charge is 0.157 e. The molecule has 4 heteroatoms. The van der Waals surface area contributed by atoms with E-state index in [1.54, 1.807) is 0 Å². The summed E-state index contributed by atoms with van der Waals surface area (Å²) in [6.45, 7) is 0. The van der Waals surface area contributed by atoms with Gasteiger partial charge >= 0.3 is 0 Å². The minimum Gasteiger partial charge on any atom is -0.460 e. The maximum absolute atomic E-state index is 11.5. The molecule has 1 aliphatic heterocycles. The van der Waals surface area contributed by atoms with Crippen LogP contribution in [0.25, 0.3) is 11.3 Å². The van der Waals surface area contributed by atoms with Crippen LogP contribution in [0.15, 0.2) is 40.8 Å². The zero-order valence-electron chi connectivity index (χ0n) is 9.22. The lowest BCUT2D eigenvalue weighted by Crippen LogP contribution is -2.17. The van der Waals surface area contributed by atoms with Gasteiger partial charge in [0.2, 0.25) is 0 Å². The van der Waals surface area contributed by atoms with Crippen molar-refractivity contribution < 1.29 is 12.8 Å². The van der Waals surface area contributed by atoms with E-state index < -0.39 is 9.84 Å². The van der Waals surface area contributed by atoms with E-state index in [2.05, 4.69) is 0 Å². The quantitative estimate of drug-likeness (QED) is 0.778. The number of furan rings is 1. The Kier molecular flexibility index (Phi) is 2.33. The molecule has 2 aromatic rings. The summed E-state index contributed by atoms with van der Waals surface area (Å²) in [4.78, 5) is 0. The van der Waals surface area contributed by atoms with Gasteiger partial charge in [-0.15, -0.1) is 0 Å². The van der Waals surface area contributed by atoms with Gasteiger partial charge in [0, 0.05) is 5.56 Å². The number of aryl methyl sites for hydroxylation is 1. The minimum atomic E-state index is -2.96. The van der Waals surface area contributed by atoms with Crippen LogP contribution < -0.4 is 0 Å². The van der Waals surface area contributed by atoms with Crippen molar-refractivity contribution in [1.29, 1.82) is 0 Å². The summed E-state index contributed by atoms with van der Waals surface area (Å²) in [6, 6.07) is 11.7. The van der Waals surface area contributed by atoms with Crippen molar-refractivity contribution in [2.24, 2.45) is 0 Å². The van der Waals surface area contributed by atoms with E-state index in [9.17, 15) is 8.42 Å². The number of sulfone groups is 1. The van der Waals surface area contributed by atoms with Crippen LogP contribution in [0.1, 0.15) is 11.3 Å². The highest BCUT2D eigenvalue weighted by molar-refractivity contribution is 7.90. The van der Waals surface area contributed by atoms with Crippen LogP contribution in [-0.2, 0) is 22.0 Å². The van der Waals surface area contributed by atoms with Crippen molar-refractivity contribution in [3.05, 3.63) is 47.7 Å². The molecular weight excluding hydrogens is 236 g/mol. The Balaban J connectivity index is 2.04. The lowest BCUT2D eigenvalue weighted by Gasteiger charge is -2.09. The normalized spacial score (nSPS) is 17.6. The number of fused-ring (bicyclic) bond motifs is 1. The zero-order valence-corrected chi connectivity index (χ0v) is 10.0. The van der Waals surface area contributed by atoms with Gasteiger partial charge in [-0.2, -0.15) is 0 Å². The lowest BCUT2D eigenvalue weighted by molar-refractivity contribution is 0.523. The molecule has 0 fully saturated rings. The fourth-order valence-electron chi connectivity index (χ4n) is 2.08. The fraction of sp³-hybridized carbons (Fsp3) is 0.231. The van der Waals surface area contributed by atoms with E-state index in [4.69, 9.17) is 4.42 Å². The Morgan fingerprint density at radius 2 is 1.88 bits per heavy atom. The third-order valence-electron chi connectivity index (χ3n) is 2.99. The molecule has 0 unspecified atom stereocenters. The molecule has 1 aromatic heterocycles. The molecule has 0 radical (unpaired) electrons. The van der Waals surface area contributed by atoms with Gasteiger partial charge in [0.1, 0.15) is 17.3 Å². The highest BCUT2D eigenvalue weighted by atomic mass is 32.2. The first-order valence-corrected chi connectivity index (χ1v) is 7.34. The second-order valence-electron chi connectivity index (χ2n) is 4.27. The predicted molar refractivity (Wildman–Crippen MR) is 65.3 cm³/mol. The van der Waals surface area contributed by atoms with E-state index in [0.717, 1.165) is 16.9 Å². The van der Waals surface area contributed by atoms with Gasteiger partial charge in [-0.25, -0.2) is 8.42 Å². The molecule has 0 aliphatic carbocycles. The Bertz CT molecular complexity index is 639. The van der Waals surface area contributed by atoms with Crippen molar-refractivity contribution in [1.82, 2.24) is 0 Å². The molecule has 1 aromatic carbocycles. The average Bonchev–Trinajstić information content (AvgIpc) is 2.71. The number of benzene rings is 1. The largest absolute Gasteiger partial charge is 0.460 e. The van der Waals surface area contributed by atoms with E-state index in [-0.39, 0.29) is 11.5 Å². The molecule has 0 saturated carbocycles. The standard InChI is InChI=1S/C13H12O3S/c14-17(15)7-6-11-8-12(16-13(11)9-17)10-4-2-1-3-5-10/h1-5,8H,6-7,9H2. The molecule has 0 saturated heterocycles. The fourth-order valence-corrected chi connectivity index (χ4v) is 3.40. The van der Waals surface area contributed by atoms with Crippen LogP contribution >= 0.6 is 0 Å². The number of rotatable bonds is 1. The van der Waals surface area contributed by atoms with Gasteiger partial charge in [-0.05, 0) is 18.1 Å². The minimum absolute atomic E-state index is 0.0369. The summed E-state index contributed by atoms with van der Waals surface area (Å²) < 4.78 is 28.6. The summed E-state index contributed by atoms with van der Waals surface area (Å²) in [5, 5.41) is 0. The van der Waals surface area contributed by atoms with E-state index in [1.807, 2.05) is 36.4 Å². The second-order valence-corrected chi connectivity index (χ2v) is 6.45. The highest BCUT2D eigenvalue weighted by Crippen LogP contribution is 2.30. The third-order valence-corrected chi connectivity index (χ3v) is 4.52. The predicted octanol–water partition coefficient (Wildman–Crippen LogP) is 2.42. The molecule has 0 bridgehead atoms. The van der Waals surface area contributed by atoms with Crippen molar-refractivity contribution >= 4 is 9.84 Å². The van der Waals surface area contributed by atoms with Crippen molar-refractivity contribution in [2.75, 3.05) is 5.75 Å². The van der Waals surface area contributed by atoms with Crippen LogP contribution in [0, 0.1) is 0 Å². The number of hydrogen-bond acceptors (Lipinski definition) is 3. The van der Waals surface area contributed by atoms with Gasteiger partial charge in [0.05, 0.1) is 5.75 Å². The monoisotopic (exact) mass is 248 g/mol. The molecule has 3 rings (SSSR count). The second kappa shape index (κ2) is 3.74. The molecule has 0 N–H and O–H groups in total. The zero-order chi connectivity index (χ0) is 11.9. The van der Waals surface area contributed by atoms with Gasteiger partial charge in [0.25, 0.3) is 0 Å². The van der Waals surface area contributed by atoms with Crippen LogP contribution in [0.2, 0.25) is 0 Å². The third kappa shape index (κ3) is 2.00. The molecule has 3 nitrogen and oxygen atoms in total. The van der Waals surface area contributed by atoms with Gasteiger partial charge < -0.3 is 4.42 Å². The maximum Gasteiger partial charge on any atom is 0.157 e. The first-order valence-electron chi connectivity index (χ1n) is 5.51. The van der Waals surface area contributed by atoms with Crippen LogP contribution in [0.5, 0.6) is 0 Å². The number of hydrogen-bond donors (Lipinski definition) is 0. The molecule has 88 valence electrons. The van der Waals surface area contributed by atoms with Gasteiger partial charge in [0.15, 0.2) is 9.84 Å². The Morgan fingerprint density at radius 3 is 2.65 bits per heavy atom. The van der Waals surface area contributed by atoms with E-state index in [0.29, 0.717) is 12.2 Å². The first kappa shape index (κ1) is 10.6. The van der Waals surface area contributed by atoms with Gasteiger partial charge in [-0.1, -0.05) is 30.3 Å². The molecule has 0 amide bonds. The molecule has 17 heavy (non-hydrogen) atoms. The molecule has 0 spiro atoms. The Hall–Kier alpha value is -1.55. The van der Waals surface area contributed by atoms with Crippen molar-refractivity contribution in [3.8, 4) is 11.3 Å². The Morgan fingerprint density at radius 1 is 1.12 bits per heavy atom.